The molecule has 2 amide bonds. The summed E-state index contributed by atoms with van der Waals surface area (Å²) in [5, 5.41) is 0. The molecule has 1 saturated heterocycles. The first-order valence-corrected chi connectivity index (χ1v) is 15.9. The molecular formula is C37H43N5O4. The normalized spacial score (nSPS) is 14.9. The summed E-state index contributed by atoms with van der Waals surface area (Å²) >= 11 is 0. The highest BCUT2D eigenvalue weighted by Crippen LogP contribution is 2.35. The Morgan fingerprint density at radius 3 is 2.37 bits per heavy atom. The van der Waals surface area contributed by atoms with Crippen LogP contribution in [0.15, 0.2) is 78.9 Å². The van der Waals surface area contributed by atoms with Gasteiger partial charge in [0.1, 0.15) is 17.2 Å². The Kier molecular flexibility index (Phi) is 9.42. The summed E-state index contributed by atoms with van der Waals surface area (Å²) in [7, 11) is 7.46. The zero-order chi connectivity index (χ0) is 32.2. The average molecular weight is 622 g/mol. The van der Waals surface area contributed by atoms with E-state index in [1.54, 1.807) is 20.3 Å². The molecule has 0 radical (unpaired) electrons. The van der Waals surface area contributed by atoms with Crippen LogP contribution < -0.4 is 14.4 Å². The van der Waals surface area contributed by atoms with Crippen LogP contribution in [-0.4, -0.2) is 98.7 Å². The Labute approximate surface area is 271 Å². The highest BCUT2D eigenvalue weighted by Gasteiger charge is 2.30. The number of amides is 2. The minimum Gasteiger partial charge on any atom is -0.497 e. The number of carbonyl (C=O) groups excluding carboxylic acids is 2. The van der Waals surface area contributed by atoms with Gasteiger partial charge < -0.3 is 28.7 Å². The smallest absolute Gasteiger partial charge is 0.270 e. The molecule has 0 aliphatic carbocycles. The van der Waals surface area contributed by atoms with Gasteiger partial charge in [-0.3, -0.25) is 14.5 Å². The number of nitrogens with zero attached hydrogens (tertiary/aromatic N) is 5. The number of ether oxygens (including phenoxy) is 2. The molecule has 0 saturated carbocycles. The molecule has 0 N–H and O–H groups in total. The molecule has 9 heteroatoms. The fourth-order valence-electron chi connectivity index (χ4n) is 6.48. The number of fused-ring (bicyclic) bond motifs is 2. The lowest BCUT2D eigenvalue weighted by Crippen LogP contribution is -2.49. The number of methoxy groups -OCH3 is 2. The third kappa shape index (κ3) is 6.52. The first-order valence-electron chi connectivity index (χ1n) is 15.9. The standard InChI is InChI=1S/C37H43N5O4/c1-38(2)17-8-18-39-19-21-40(22-20-39)37(44)34-16-14-30-26-42(33-12-6-5-9-29(33)25-41(30)34)36(43)28-13-15-32(35(24-28)46-4)27-10-7-11-31(23-27)45-3/h5-7,9-16,23-24H,8,17-22,25-26H2,1-4H3. The number of para-hydroxylation sites is 1. The maximum absolute atomic E-state index is 14.2. The van der Waals surface area contributed by atoms with E-state index in [0.29, 0.717) is 30.1 Å². The van der Waals surface area contributed by atoms with Gasteiger partial charge in [0.15, 0.2) is 0 Å². The third-order valence-electron chi connectivity index (χ3n) is 9.03. The van der Waals surface area contributed by atoms with E-state index in [0.717, 1.165) is 79.5 Å². The number of carbonyl (C=O) groups is 2. The van der Waals surface area contributed by atoms with Crippen LogP contribution in [0.3, 0.4) is 0 Å². The van der Waals surface area contributed by atoms with Gasteiger partial charge in [0.25, 0.3) is 11.8 Å². The number of benzene rings is 3. The van der Waals surface area contributed by atoms with Crippen LogP contribution in [0.5, 0.6) is 11.5 Å². The summed E-state index contributed by atoms with van der Waals surface area (Å²) in [4.78, 5) is 36.5. The monoisotopic (exact) mass is 621 g/mol. The van der Waals surface area contributed by atoms with Crippen molar-refractivity contribution in [2.75, 3.05) is 72.5 Å². The largest absolute Gasteiger partial charge is 0.497 e. The molecule has 4 aromatic rings. The van der Waals surface area contributed by atoms with Gasteiger partial charge in [0, 0.05) is 48.7 Å². The van der Waals surface area contributed by atoms with Crippen molar-refractivity contribution in [2.45, 2.75) is 19.5 Å². The molecule has 2 aliphatic rings. The molecule has 1 fully saturated rings. The van der Waals surface area contributed by atoms with E-state index in [4.69, 9.17) is 9.47 Å². The van der Waals surface area contributed by atoms with Crippen LogP contribution in [0.1, 0.15) is 38.5 Å². The molecule has 2 aliphatic heterocycles. The molecule has 3 aromatic carbocycles. The van der Waals surface area contributed by atoms with Crippen molar-refractivity contribution in [1.82, 2.24) is 19.3 Å². The highest BCUT2D eigenvalue weighted by atomic mass is 16.5. The number of hydrogen-bond acceptors (Lipinski definition) is 6. The second-order valence-corrected chi connectivity index (χ2v) is 12.3. The molecule has 240 valence electrons. The van der Waals surface area contributed by atoms with Crippen molar-refractivity contribution >= 4 is 17.5 Å². The molecule has 6 rings (SSSR count). The van der Waals surface area contributed by atoms with Crippen LogP contribution in [0, 0.1) is 0 Å². The van der Waals surface area contributed by atoms with Gasteiger partial charge in [-0.15, -0.1) is 0 Å². The zero-order valence-electron chi connectivity index (χ0n) is 27.2. The second-order valence-electron chi connectivity index (χ2n) is 12.3. The maximum atomic E-state index is 14.2. The van der Waals surface area contributed by atoms with Crippen LogP contribution in [0.25, 0.3) is 11.1 Å². The number of rotatable bonds is 9. The Hall–Kier alpha value is -4.60. The van der Waals surface area contributed by atoms with E-state index in [1.807, 2.05) is 82.6 Å². The molecule has 0 bridgehead atoms. The molecule has 0 unspecified atom stereocenters. The fourth-order valence-corrected chi connectivity index (χ4v) is 6.48. The SMILES string of the molecule is COc1cccc(-c2ccc(C(=O)N3Cc4ccc(C(=O)N5CCN(CCCN(C)C)CC5)n4Cc4ccccc43)cc2OC)c1. The van der Waals surface area contributed by atoms with Crippen molar-refractivity contribution in [2.24, 2.45) is 0 Å². The van der Waals surface area contributed by atoms with Crippen molar-refractivity contribution in [3.8, 4) is 22.6 Å². The van der Waals surface area contributed by atoms with E-state index in [1.165, 1.54) is 0 Å². The summed E-state index contributed by atoms with van der Waals surface area (Å²) < 4.78 is 13.3. The van der Waals surface area contributed by atoms with E-state index in [-0.39, 0.29) is 11.8 Å². The Balaban J connectivity index is 1.23. The zero-order valence-corrected chi connectivity index (χ0v) is 27.2. The van der Waals surface area contributed by atoms with E-state index in [9.17, 15) is 9.59 Å². The summed E-state index contributed by atoms with van der Waals surface area (Å²) in [5.41, 5.74) is 5.77. The first kappa shape index (κ1) is 31.4. The number of anilines is 1. The Morgan fingerprint density at radius 1 is 0.804 bits per heavy atom. The average Bonchev–Trinajstić information content (AvgIpc) is 3.40. The quantitative estimate of drug-likeness (QED) is 0.259. The molecule has 46 heavy (non-hydrogen) atoms. The van der Waals surface area contributed by atoms with Gasteiger partial charge in [-0.25, -0.2) is 0 Å². The number of piperazine rings is 1. The predicted molar refractivity (Wildman–Crippen MR) is 181 cm³/mol. The number of aromatic nitrogens is 1. The second kappa shape index (κ2) is 13.8. The lowest BCUT2D eigenvalue weighted by molar-refractivity contribution is 0.0623. The van der Waals surface area contributed by atoms with Crippen molar-refractivity contribution in [3.05, 3.63) is 101 Å². The van der Waals surface area contributed by atoms with Crippen molar-refractivity contribution < 1.29 is 19.1 Å². The van der Waals surface area contributed by atoms with Crippen LogP contribution in [0.4, 0.5) is 5.69 Å². The van der Waals surface area contributed by atoms with E-state index in [2.05, 4.69) is 28.5 Å². The molecule has 0 atom stereocenters. The lowest BCUT2D eigenvalue weighted by atomic mass is 10.0. The summed E-state index contributed by atoms with van der Waals surface area (Å²) in [6.45, 7) is 6.20. The van der Waals surface area contributed by atoms with Gasteiger partial charge in [-0.1, -0.05) is 30.3 Å². The predicted octanol–water partition coefficient (Wildman–Crippen LogP) is 5.09. The topological polar surface area (TPSA) is 70.5 Å². The summed E-state index contributed by atoms with van der Waals surface area (Å²) in [6, 6.07) is 25.2. The van der Waals surface area contributed by atoms with Gasteiger partial charge in [0.05, 0.1) is 27.3 Å². The maximum Gasteiger partial charge on any atom is 0.270 e. The van der Waals surface area contributed by atoms with E-state index < -0.39 is 0 Å². The molecular weight excluding hydrogens is 578 g/mol. The van der Waals surface area contributed by atoms with Gasteiger partial charge in [0.2, 0.25) is 0 Å². The van der Waals surface area contributed by atoms with Crippen molar-refractivity contribution in [1.29, 1.82) is 0 Å². The summed E-state index contributed by atoms with van der Waals surface area (Å²) in [6.07, 6.45) is 1.13. The summed E-state index contributed by atoms with van der Waals surface area (Å²) in [5.74, 6) is 1.28. The molecule has 0 spiro atoms. The van der Waals surface area contributed by atoms with Crippen molar-refractivity contribution in [3.63, 3.8) is 0 Å². The molecule has 3 heterocycles. The first-order chi connectivity index (χ1) is 22.4. The van der Waals surface area contributed by atoms with Gasteiger partial charge >= 0.3 is 0 Å². The highest BCUT2D eigenvalue weighted by molar-refractivity contribution is 6.07. The minimum absolute atomic E-state index is 0.0503. The Morgan fingerprint density at radius 2 is 1.61 bits per heavy atom. The molecule has 9 nitrogen and oxygen atoms in total. The minimum atomic E-state index is -0.129. The van der Waals surface area contributed by atoms with Gasteiger partial charge in [-0.05, 0) is 93.3 Å². The lowest BCUT2D eigenvalue weighted by Gasteiger charge is -2.35. The third-order valence-corrected chi connectivity index (χ3v) is 9.03. The van der Waals surface area contributed by atoms with Crippen LogP contribution in [0.2, 0.25) is 0 Å². The number of hydrogen-bond donors (Lipinski definition) is 0. The Bertz CT molecular complexity index is 1710. The fraction of sp³-hybridized carbons (Fsp3) is 0.351. The van der Waals surface area contributed by atoms with Crippen LogP contribution in [-0.2, 0) is 13.1 Å². The van der Waals surface area contributed by atoms with E-state index >= 15 is 0 Å². The molecule has 1 aromatic heterocycles. The van der Waals surface area contributed by atoms with Crippen LogP contribution >= 0.6 is 0 Å². The van der Waals surface area contributed by atoms with Gasteiger partial charge in [-0.2, -0.15) is 0 Å².